The number of anilines is 2. The molecule has 0 aliphatic rings. The SMILES string of the molecule is CC(=O)Nc1cc(Cl)ccc1N. The molecule has 1 aromatic carbocycles. The van der Waals surface area contributed by atoms with Gasteiger partial charge in [0.2, 0.25) is 5.91 Å². The molecule has 1 amide bonds. The first-order chi connectivity index (χ1) is 5.59. The van der Waals surface area contributed by atoms with Crippen LogP contribution in [0.3, 0.4) is 0 Å². The predicted molar refractivity (Wildman–Crippen MR) is 50.2 cm³/mol. The zero-order valence-electron chi connectivity index (χ0n) is 6.60. The first kappa shape index (κ1) is 8.87. The lowest BCUT2D eigenvalue weighted by Crippen LogP contribution is -2.07. The Labute approximate surface area is 75.5 Å². The number of hydrogen-bond donors (Lipinski definition) is 2. The molecule has 3 nitrogen and oxygen atoms in total. The number of halogens is 1. The van der Waals surface area contributed by atoms with Gasteiger partial charge in [-0.05, 0) is 18.2 Å². The van der Waals surface area contributed by atoms with E-state index in [1.54, 1.807) is 18.2 Å². The van der Waals surface area contributed by atoms with Crippen molar-refractivity contribution in [3.63, 3.8) is 0 Å². The minimum absolute atomic E-state index is 0.163. The lowest BCUT2D eigenvalue weighted by atomic mass is 10.2. The number of carbonyl (C=O) groups excluding carboxylic acids is 1. The van der Waals surface area contributed by atoms with Crippen LogP contribution in [0.15, 0.2) is 18.2 Å². The molecule has 12 heavy (non-hydrogen) atoms. The highest BCUT2D eigenvalue weighted by atomic mass is 35.5. The smallest absolute Gasteiger partial charge is 0.221 e. The van der Waals surface area contributed by atoms with E-state index in [-0.39, 0.29) is 5.91 Å². The Balaban J connectivity index is 2.97. The third-order valence-corrected chi connectivity index (χ3v) is 1.56. The third kappa shape index (κ3) is 2.13. The summed E-state index contributed by atoms with van der Waals surface area (Å²) in [5.74, 6) is -0.163. The summed E-state index contributed by atoms with van der Waals surface area (Å²) >= 11 is 5.69. The van der Waals surface area contributed by atoms with Crippen molar-refractivity contribution in [2.45, 2.75) is 6.92 Å². The van der Waals surface area contributed by atoms with Crippen LogP contribution in [-0.4, -0.2) is 5.91 Å². The number of nitrogens with one attached hydrogen (secondary N) is 1. The normalized spacial score (nSPS) is 9.50. The molecule has 0 atom stereocenters. The van der Waals surface area contributed by atoms with Crippen molar-refractivity contribution < 1.29 is 4.79 Å². The summed E-state index contributed by atoms with van der Waals surface area (Å²) in [6, 6.07) is 4.92. The summed E-state index contributed by atoms with van der Waals surface area (Å²) in [5, 5.41) is 3.11. The third-order valence-electron chi connectivity index (χ3n) is 1.33. The maximum Gasteiger partial charge on any atom is 0.221 e. The molecule has 0 saturated carbocycles. The molecule has 0 unspecified atom stereocenters. The van der Waals surface area contributed by atoms with Gasteiger partial charge in [0.1, 0.15) is 0 Å². The molecule has 0 bridgehead atoms. The largest absolute Gasteiger partial charge is 0.397 e. The van der Waals surface area contributed by atoms with Crippen LogP contribution in [0, 0.1) is 0 Å². The van der Waals surface area contributed by atoms with E-state index in [2.05, 4.69) is 5.32 Å². The van der Waals surface area contributed by atoms with Crippen molar-refractivity contribution in [2.75, 3.05) is 11.1 Å². The number of amides is 1. The maximum atomic E-state index is 10.7. The second kappa shape index (κ2) is 3.45. The Bertz CT molecular complexity index is 312. The van der Waals surface area contributed by atoms with Gasteiger partial charge in [-0.1, -0.05) is 11.6 Å². The molecule has 1 aromatic rings. The van der Waals surface area contributed by atoms with Crippen molar-refractivity contribution in [3.8, 4) is 0 Å². The number of nitrogen functional groups attached to an aromatic ring is 1. The van der Waals surface area contributed by atoms with Crippen LogP contribution in [-0.2, 0) is 4.79 Å². The fraction of sp³-hybridized carbons (Fsp3) is 0.125. The number of benzene rings is 1. The molecule has 0 aromatic heterocycles. The Morgan fingerprint density at radius 3 is 2.83 bits per heavy atom. The van der Waals surface area contributed by atoms with Gasteiger partial charge in [0, 0.05) is 11.9 Å². The number of nitrogens with two attached hydrogens (primary N) is 1. The molecule has 0 spiro atoms. The van der Waals surface area contributed by atoms with Crippen LogP contribution in [0.5, 0.6) is 0 Å². The van der Waals surface area contributed by atoms with Crippen molar-refractivity contribution in [1.82, 2.24) is 0 Å². The van der Waals surface area contributed by atoms with E-state index in [0.717, 1.165) is 0 Å². The molecule has 4 heteroatoms. The van der Waals surface area contributed by atoms with Gasteiger partial charge in [-0.2, -0.15) is 0 Å². The Kier molecular flexibility index (Phi) is 2.55. The minimum Gasteiger partial charge on any atom is -0.397 e. The minimum atomic E-state index is -0.163. The zero-order chi connectivity index (χ0) is 9.14. The lowest BCUT2D eigenvalue weighted by molar-refractivity contribution is -0.114. The summed E-state index contributed by atoms with van der Waals surface area (Å²) in [6.45, 7) is 1.42. The van der Waals surface area contributed by atoms with Crippen molar-refractivity contribution in [2.24, 2.45) is 0 Å². The highest BCUT2D eigenvalue weighted by Crippen LogP contribution is 2.22. The van der Waals surface area contributed by atoms with Crippen LogP contribution in [0.4, 0.5) is 11.4 Å². The van der Waals surface area contributed by atoms with Gasteiger partial charge in [-0.3, -0.25) is 4.79 Å². The molecule has 0 aliphatic heterocycles. The van der Waals surface area contributed by atoms with Gasteiger partial charge in [0.15, 0.2) is 0 Å². The molecule has 1 rings (SSSR count). The molecule has 0 radical (unpaired) electrons. The van der Waals surface area contributed by atoms with Crippen LogP contribution in [0.1, 0.15) is 6.92 Å². The average molecular weight is 185 g/mol. The molecule has 0 fully saturated rings. The van der Waals surface area contributed by atoms with Gasteiger partial charge in [-0.15, -0.1) is 0 Å². The van der Waals surface area contributed by atoms with Crippen molar-refractivity contribution >= 4 is 28.9 Å². The van der Waals surface area contributed by atoms with E-state index in [0.29, 0.717) is 16.4 Å². The standard InChI is InChI=1S/C8H9ClN2O/c1-5(12)11-8-4-6(9)2-3-7(8)10/h2-4H,10H2,1H3,(H,11,12). The topological polar surface area (TPSA) is 55.1 Å². The van der Waals surface area contributed by atoms with Crippen molar-refractivity contribution in [1.29, 1.82) is 0 Å². The van der Waals surface area contributed by atoms with Crippen LogP contribution in [0.2, 0.25) is 5.02 Å². The average Bonchev–Trinajstić information content (AvgIpc) is 1.96. The van der Waals surface area contributed by atoms with Gasteiger partial charge in [0.05, 0.1) is 11.4 Å². The molecule has 0 saturated heterocycles. The first-order valence-corrected chi connectivity index (χ1v) is 3.80. The second-order valence-corrected chi connectivity index (χ2v) is 2.85. The van der Waals surface area contributed by atoms with Gasteiger partial charge in [-0.25, -0.2) is 0 Å². The Morgan fingerprint density at radius 1 is 1.58 bits per heavy atom. The van der Waals surface area contributed by atoms with E-state index in [1.165, 1.54) is 6.92 Å². The zero-order valence-corrected chi connectivity index (χ0v) is 7.35. The molecular formula is C8H9ClN2O. The molecule has 0 aliphatic carbocycles. The quantitative estimate of drug-likeness (QED) is 0.655. The molecule has 64 valence electrons. The Hall–Kier alpha value is -1.22. The summed E-state index contributed by atoms with van der Waals surface area (Å²) in [5.41, 5.74) is 6.62. The maximum absolute atomic E-state index is 10.7. The Morgan fingerprint density at radius 2 is 2.25 bits per heavy atom. The van der Waals surface area contributed by atoms with Crippen LogP contribution >= 0.6 is 11.6 Å². The monoisotopic (exact) mass is 184 g/mol. The summed E-state index contributed by atoms with van der Waals surface area (Å²) in [7, 11) is 0. The molecule has 0 heterocycles. The highest BCUT2D eigenvalue weighted by Gasteiger charge is 2.00. The van der Waals surface area contributed by atoms with Crippen LogP contribution in [0.25, 0.3) is 0 Å². The van der Waals surface area contributed by atoms with Crippen LogP contribution < -0.4 is 11.1 Å². The van der Waals surface area contributed by atoms with Crippen molar-refractivity contribution in [3.05, 3.63) is 23.2 Å². The lowest BCUT2D eigenvalue weighted by Gasteiger charge is -2.05. The summed E-state index contributed by atoms with van der Waals surface area (Å²) < 4.78 is 0. The van der Waals surface area contributed by atoms with Gasteiger partial charge in [0.25, 0.3) is 0 Å². The van der Waals surface area contributed by atoms with E-state index >= 15 is 0 Å². The fourth-order valence-electron chi connectivity index (χ4n) is 0.826. The highest BCUT2D eigenvalue weighted by molar-refractivity contribution is 6.31. The second-order valence-electron chi connectivity index (χ2n) is 2.41. The van der Waals surface area contributed by atoms with E-state index < -0.39 is 0 Å². The predicted octanol–water partition coefficient (Wildman–Crippen LogP) is 1.88. The molecular weight excluding hydrogens is 176 g/mol. The van der Waals surface area contributed by atoms with E-state index in [4.69, 9.17) is 17.3 Å². The van der Waals surface area contributed by atoms with Gasteiger partial charge >= 0.3 is 0 Å². The molecule has 3 N–H and O–H groups in total. The first-order valence-electron chi connectivity index (χ1n) is 3.42. The number of rotatable bonds is 1. The fourth-order valence-corrected chi connectivity index (χ4v) is 0.999. The van der Waals surface area contributed by atoms with E-state index in [9.17, 15) is 4.79 Å². The van der Waals surface area contributed by atoms with E-state index in [1.807, 2.05) is 0 Å². The summed E-state index contributed by atoms with van der Waals surface area (Å²) in [6.07, 6.45) is 0. The number of hydrogen-bond acceptors (Lipinski definition) is 2. The summed E-state index contributed by atoms with van der Waals surface area (Å²) in [4.78, 5) is 10.7. The number of carbonyl (C=O) groups is 1. The van der Waals surface area contributed by atoms with Gasteiger partial charge < -0.3 is 11.1 Å².